The maximum Gasteiger partial charge on any atom is 0.153 e. The average Bonchev–Trinajstić information content (AvgIpc) is 2.20. The van der Waals surface area contributed by atoms with Crippen LogP contribution in [0.15, 0.2) is 24.3 Å². The Hall–Kier alpha value is -1.23. The molecule has 0 spiro atoms. The van der Waals surface area contributed by atoms with Crippen molar-refractivity contribution in [3.05, 3.63) is 24.3 Å². The third-order valence-electron chi connectivity index (χ3n) is 2.09. The van der Waals surface area contributed by atoms with Gasteiger partial charge in [0.2, 0.25) is 0 Å². The van der Waals surface area contributed by atoms with Crippen LogP contribution in [-0.2, 0) is 9.84 Å². The van der Waals surface area contributed by atoms with Crippen molar-refractivity contribution in [2.75, 3.05) is 23.8 Å². The van der Waals surface area contributed by atoms with Gasteiger partial charge in [0, 0.05) is 0 Å². The Balaban J connectivity index is 2.45. The van der Waals surface area contributed by atoms with Gasteiger partial charge in [0.1, 0.15) is 12.4 Å². The van der Waals surface area contributed by atoms with Crippen LogP contribution in [0.3, 0.4) is 0 Å². The molecule has 4 nitrogen and oxygen atoms in total. The second-order valence-corrected chi connectivity index (χ2v) is 5.84. The molecule has 0 aliphatic rings. The molecule has 90 valence electrons. The van der Waals surface area contributed by atoms with Gasteiger partial charge in [0.15, 0.2) is 9.84 Å². The van der Waals surface area contributed by atoms with Gasteiger partial charge in [-0.25, -0.2) is 8.42 Å². The van der Waals surface area contributed by atoms with Gasteiger partial charge in [0.05, 0.1) is 17.2 Å². The number of benzene rings is 1. The summed E-state index contributed by atoms with van der Waals surface area (Å²) in [6, 6.07) is 7.04. The molecule has 0 aromatic heterocycles. The molecule has 0 saturated carbocycles. The van der Waals surface area contributed by atoms with E-state index < -0.39 is 9.84 Å². The van der Waals surface area contributed by atoms with Crippen molar-refractivity contribution in [3.8, 4) is 5.75 Å². The van der Waals surface area contributed by atoms with Crippen LogP contribution in [0.1, 0.15) is 13.3 Å². The Morgan fingerprint density at radius 3 is 2.56 bits per heavy atom. The minimum atomic E-state index is -2.98. The lowest BCUT2D eigenvalue weighted by atomic mass is 10.3. The van der Waals surface area contributed by atoms with Crippen LogP contribution in [0.4, 0.5) is 5.69 Å². The van der Waals surface area contributed by atoms with E-state index in [1.54, 1.807) is 24.3 Å². The van der Waals surface area contributed by atoms with E-state index in [2.05, 4.69) is 0 Å². The van der Waals surface area contributed by atoms with E-state index in [4.69, 9.17) is 10.5 Å². The van der Waals surface area contributed by atoms with E-state index in [1.165, 1.54) is 0 Å². The lowest BCUT2D eigenvalue weighted by Gasteiger charge is -2.08. The number of nitrogen functional groups attached to an aromatic ring is 1. The minimum Gasteiger partial charge on any atom is -0.490 e. The number of ether oxygens (including phenoxy) is 1. The fourth-order valence-electron chi connectivity index (χ4n) is 1.30. The van der Waals surface area contributed by atoms with Gasteiger partial charge < -0.3 is 10.5 Å². The summed E-state index contributed by atoms with van der Waals surface area (Å²) in [6.07, 6.45) is 0.635. The molecular formula is C11H17NO3S. The number of rotatable bonds is 6. The van der Waals surface area contributed by atoms with Crippen molar-refractivity contribution in [2.45, 2.75) is 13.3 Å². The molecule has 16 heavy (non-hydrogen) atoms. The van der Waals surface area contributed by atoms with Gasteiger partial charge in [-0.2, -0.15) is 0 Å². The molecule has 0 heterocycles. The highest BCUT2D eigenvalue weighted by Crippen LogP contribution is 2.19. The maximum absolute atomic E-state index is 11.4. The molecule has 5 heteroatoms. The highest BCUT2D eigenvalue weighted by molar-refractivity contribution is 7.91. The summed E-state index contributed by atoms with van der Waals surface area (Å²) in [4.78, 5) is 0. The van der Waals surface area contributed by atoms with Crippen LogP contribution in [0.5, 0.6) is 5.75 Å². The topological polar surface area (TPSA) is 69.4 Å². The third kappa shape index (κ3) is 4.10. The summed E-state index contributed by atoms with van der Waals surface area (Å²) < 4.78 is 28.1. The van der Waals surface area contributed by atoms with Crippen LogP contribution >= 0.6 is 0 Å². The Labute approximate surface area is 96.3 Å². The third-order valence-corrected chi connectivity index (χ3v) is 3.90. The Morgan fingerprint density at radius 2 is 1.94 bits per heavy atom. The lowest BCUT2D eigenvalue weighted by Crippen LogP contribution is -2.17. The zero-order valence-corrected chi connectivity index (χ0v) is 10.2. The second-order valence-electron chi connectivity index (χ2n) is 3.54. The second kappa shape index (κ2) is 5.75. The molecule has 0 amide bonds. The first kappa shape index (κ1) is 12.8. The molecular weight excluding hydrogens is 226 g/mol. The van der Waals surface area contributed by atoms with Crippen LogP contribution in [0.2, 0.25) is 0 Å². The number of hydrogen-bond donors (Lipinski definition) is 1. The lowest BCUT2D eigenvalue weighted by molar-refractivity contribution is 0.342. The summed E-state index contributed by atoms with van der Waals surface area (Å²) >= 11 is 0. The van der Waals surface area contributed by atoms with Crippen LogP contribution < -0.4 is 10.5 Å². The van der Waals surface area contributed by atoms with Crippen LogP contribution in [-0.4, -0.2) is 26.5 Å². The molecule has 0 saturated heterocycles. The van der Waals surface area contributed by atoms with E-state index in [9.17, 15) is 8.42 Å². The summed E-state index contributed by atoms with van der Waals surface area (Å²) in [5.74, 6) is 0.782. The number of anilines is 1. The monoisotopic (exact) mass is 243 g/mol. The first-order chi connectivity index (χ1) is 7.55. The SMILES string of the molecule is CCCS(=O)(=O)CCOc1ccccc1N. The van der Waals surface area contributed by atoms with Gasteiger partial charge in [-0.3, -0.25) is 0 Å². The first-order valence-corrected chi connectivity index (χ1v) is 7.05. The Kier molecular flexibility index (Phi) is 4.61. The first-order valence-electron chi connectivity index (χ1n) is 5.23. The van der Waals surface area contributed by atoms with Crippen molar-refractivity contribution in [3.63, 3.8) is 0 Å². The molecule has 1 aromatic carbocycles. The zero-order chi connectivity index (χ0) is 12.0. The Bertz CT molecular complexity index is 429. The predicted molar refractivity (Wildman–Crippen MR) is 65.3 cm³/mol. The Morgan fingerprint density at radius 1 is 1.25 bits per heavy atom. The number of nitrogens with two attached hydrogens (primary N) is 1. The van der Waals surface area contributed by atoms with Gasteiger partial charge in [-0.15, -0.1) is 0 Å². The van der Waals surface area contributed by atoms with E-state index in [0.29, 0.717) is 17.9 Å². The highest BCUT2D eigenvalue weighted by Gasteiger charge is 2.09. The van der Waals surface area contributed by atoms with E-state index in [0.717, 1.165) is 0 Å². The smallest absolute Gasteiger partial charge is 0.153 e. The highest BCUT2D eigenvalue weighted by atomic mass is 32.2. The van der Waals surface area contributed by atoms with Gasteiger partial charge in [0.25, 0.3) is 0 Å². The van der Waals surface area contributed by atoms with Gasteiger partial charge in [-0.1, -0.05) is 19.1 Å². The fraction of sp³-hybridized carbons (Fsp3) is 0.455. The minimum absolute atomic E-state index is 0.0369. The van der Waals surface area contributed by atoms with Crippen molar-refractivity contribution in [1.29, 1.82) is 0 Å². The average molecular weight is 243 g/mol. The maximum atomic E-state index is 11.4. The summed E-state index contributed by atoms with van der Waals surface area (Å²) in [6.45, 7) is 1.99. The van der Waals surface area contributed by atoms with Crippen molar-refractivity contribution >= 4 is 15.5 Å². The van der Waals surface area contributed by atoms with E-state index in [1.807, 2.05) is 6.92 Å². The summed E-state index contributed by atoms with van der Waals surface area (Å²) in [5, 5.41) is 0. The summed E-state index contributed by atoms with van der Waals surface area (Å²) in [5.41, 5.74) is 6.18. The fourth-order valence-corrected chi connectivity index (χ4v) is 2.47. The number of sulfone groups is 1. The molecule has 0 aliphatic carbocycles. The molecule has 0 bridgehead atoms. The quantitative estimate of drug-likeness (QED) is 0.768. The molecule has 0 radical (unpaired) electrons. The molecule has 0 fully saturated rings. The van der Waals surface area contributed by atoms with Crippen molar-refractivity contribution < 1.29 is 13.2 Å². The normalized spacial score (nSPS) is 11.3. The molecule has 1 aromatic rings. The molecule has 1 rings (SSSR count). The van der Waals surface area contributed by atoms with Crippen LogP contribution in [0.25, 0.3) is 0 Å². The van der Waals surface area contributed by atoms with Crippen molar-refractivity contribution in [1.82, 2.24) is 0 Å². The molecule has 2 N–H and O–H groups in total. The zero-order valence-electron chi connectivity index (χ0n) is 9.35. The predicted octanol–water partition coefficient (Wildman–Crippen LogP) is 1.47. The van der Waals surface area contributed by atoms with Gasteiger partial charge >= 0.3 is 0 Å². The number of para-hydroxylation sites is 2. The van der Waals surface area contributed by atoms with Gasteiger partial charge in [-0.05, 0) is 18.6 Å². The molecule has 0 unspecified atom stereocenters. The standard InChI is InChI=1S/C11H17NO3S/c1-2-8-16(13,14)9-7-15-11-6-4-3-5-10(11)12/h3-6H,2,7-9,12H2,1H3. The van der Waals surface area contributed by atoms with Crippen LogP contribution in [0, 0.1) is 0 Å². The summed E-state index contributed by atoms with van der Waals surface area (Å²) in [7, 11) is -2.98. The largest absolute Gasteiger partial charge is 0.490 e. The molecule has 0 aliphatic heterocycles. The molecule has 0 atom stereocenters. The van der Waals surface area contributed by atoms with E-state index >= 15 is 0 Å². The van der Waals surface area contributed by atoms with E-state index in [-0.39, 0.29) is 18.1 Å². The van der Waals surface area contributed by atoms with Crippen molar-refractivity contribution in [2.24, 2.45) is 0 Å². The number of hydrogen-bond acceptors (Lipinski definition) is 4.